The minimum Gasteiger partial charge on any atom is -0.240 e. The Balaban J connectivity index is 0.000000197. The predicted molar refractivity (Wildman–Crippen MR) is 114 cm³/mol. The molecule has 11 heteroatoms. The van der Waals surface area contributed by atoms with Gasteiger partial charge in [-0.3, -0.25) is 0 Å². The highest BCUT2D eigenvalue weighted by Crippen LogP contribution is 2.28. The largest absolute Gasteiger partial charge is 0.277 e. The Hall–Kier alpha value is -1.17. The second-order valence-corrected chi connectivity index (χ2v) is 12.7. The molecule has 0 N–H and O–H groups in total. The Kier molecular flexibility index (Phi) is 6.14. The van der Waals surface area contributed by atoms with Crippen molar-refractivity contribution in [2.45, 2.75) is 8.42 Å². The van der Waals surface area contributed by atoms with E-state index in [1.54, 1.807) is 47.3 Å². The summed E-state index contributed by atoms with van der Waals surface area (Å²) in [6.07, 6.45) is 1.59. The molecule has 0 aliphatic heterocycles. The number of aromatic nitrogens is 1. The first kappa shape index (κ1) is 20.6. The van der Waals surface area contributed by atoms with E-state index in [1.165, 1.54) is 21.4 Å². The molecule has 0 atom stereocenters. The number of nitrogens with zero attached hydrogens (tertiary/aromatic N) is 1. The molecule has 0 unspecified atom stereocenters. The molecule has 142 valence electrons. The number of thiophene rings is 2. The highest BCUT2D eigenvalue weighted by molar-refractivity contribution is 9.10. The van der Waals surface area contributed by atoms with Crippen LogP contribution in [0.3, 0.4) is 0 Å². The molecule has 0 radical (unpaired) electrons. The van der Waals surface area contributed by atoms with E-state index in [9.17, 15) is 16.8 Å². The third-order valence-electron chi connectivity index (χ3n) is 3.39. The van der Waals surface area contributed by atoms with Crippen molar-refractivity contribution in [3.63, 3.8) is 0 Å². The van der Waals surface area contributed by atoms with Gasteiger partial charge in [-0.15, -0.1) is 22.7 Å². The van der Waals surface area contributed by atoms with Gasteiger partial charge in [-0.1, -0.05) is 34.1 Å². The van der Waals surface area contributed by atoms with Gasteiger partial charge < -0.3 is 0 Å². The minimum atomic E-state index is -3.48. The van der Waals surface area contributed by atoms with E-state index in [-0.39, 0.29) is 4.21 Å². The van der Waals surface area contributed by atoms with E-state index in [2.05, 4.69) is 15.9 Å². The summed E-state index contributed by atoms with van der Waals surface area (Å²) < 4.78 is 48.6. The highest BCUT2D eigenvalue weighted by Gasteiger charge is 2.20. The van der Waals surface area contributed by atoms with Crippen LogP contribution in [-0.4, -0.2) is 20.8 Å². The van der Waals surface area contributed by atoms with Crippen LogP contribution in [0.1, 0.15) is 0 Å². The molecule has 0 amide bonds. The molecule has 0 spiro atoms. The van der Waals surface area contributed by atoms with E-state index in [4.69, 9.17) is 10.7 Å². The Labute approximate surface area is 177 Å². The van der Waals surface area contributed by atoms with Crippen LogP contribution in [0.15, 0.2) is 78.4 Å². The standard InChI is InChI=1S/C12H8BrNO2S2.C4H3ClO2S2/c13-10-3-1-4-11-9(10)6-7-14(11)18(15,16)12-5-2-8-17-12;5-9(6,7)4-2-1-3-8-4/h1-8H;1-3H. The number of halogens is 2. The summed E-state index contributed by atoms with van der Waals surface area (Å²) in [5.74, 6) is 0. The van der Waals surface area contributed by atoms with Crippen molar-refractivity contribution in [3.05, 3.63) is 70.0 Å². The van der Waals surface area contributed by atoms with Crippen LogP contribution >= 0.6 is 49.3 Å². The minimum absolute atomic E-state index is 0.198. The van der Waals surface area contributed by atoms with Gasteiger partial charge in [0.2, 0.25) is 0 Å². The van der Waals surface area contributed by atoms with E-state index in [0.717, 1.165) is 21.2 Å². The zero-order chi connectivity index (χ0) is 19.7. The van der Waals surface area contributed by atoms with Crippen molar-refractivity contribution in [1.82, 2.24) is 3.97 Å². The van der Waals surface area contributed by atoms with Gasteiger partial charge in [0.25, 0.3) is 19.1 Å². The van der Waals surface area contributed by atoms with Crippen LogP contribution in [0.2, 0.25) is 0 Å². The lowest BCUT2D eigenvalue weighted by molar-refractivity contribution is 0.591. The molecule has 0 saturated carbocycles. The summed E-state index contributed by atoms with van der Waals surface area (Å²) in [6.45, 7) is 0. The van der Waals surface area contributed by atoms with Crippen molar-refractivity contribution in [1.29, 1.82) is 0 Å². The Bertz CT molecular complexity index is 1260. The molecule has 0 aliphatic rings. The first-order valence-electron chi connectivity index (χ1n) is 7.24. The summed E-state index contributed by atoms with van der Waals surface area (Å²) in [4.78, 5) is 0. The van der Waals surface area contributed by atoms with E-state index < -0.39 is 19.1 Å². The molecular weight excluding hydrogens is 514 g/mol. The number of benzene rings is 1. The molecule has 0 bridgehead atoms. The summed E-state index contributed by atoms with van der Waals surface area (Å²) in [5, 5.41) is 4.31. The Morgan fingerprint density at radius 2 is 1.48 bits per heavy atom. The maximum absolute atomic E-state index is 12.4. The average molecular weight is 525 g/mol. The maximum atomic E-state index is 12.4. The van der Waals surface area contributed by atoms with Crippen molar-refractivity contribution < 1.29 is 16.8 Å². The van der Waals surface area contributed by atoms with E-state index in [0.29, 0.717) is 9.73 Å². The van der Waals surface area contributed by atoms with Crippen LogP contribution in [-0.2, 0) is 19.1 Å². The maximum Gasteiger partial charge on any atom is 0.277 e. The highest BCUT2D eigenvalue weighted by atomic mass is 79.9. The lowest BCUT2D eigenvalue weighted by Gasteiger charge is -2.05. The summed E-state index contributed by atoms with van der Waals surface area (Å²) >= 11 is 5.75. The fourth-order valence-electron chi connectivity index (χ4n) is 2.22. The molecule has 0 saturated heterocycles. The first-order valence-corrected chi connectivity index (χ1v) is 13.5. The van der Waals surface area contributed by atoms with Gasteiger partial charge in [-0.2, -0.15) is 8.42 Å². The zero-order valence-corrected chi connectivity index (χ0v) is 18.9. The second kappa shape index (κ2) is 8.06. The van der Waals surface area contributed by atoms with Crippen LogP contribution in [0.4, 0.5) is 0 Å². The summed E-state index contributed by atoms with van der Waals surface area (Å²) in [7, 11) is -1.97. The summed E-state index contributed by atoms with van der Waals surface area (Å²) in [6, 6.07) is 13.8. The fourth-order valence-corrected chi connectivity index (χ4v) is 6.94. The quantitative estimate of drug-likeness (QED) is 0.337. The SMILES string of the molecule is O=S(=O)(Cl)c1cccs1.O=S(=O)(c1cccs1)n1ccc2c(Br)cccc21. The lowest BCUT2D eigenvalue weighted by Crippen LogP contribution is -2.09. The normalized spacial score (nSPS) is 11.9. The molecule has 27 heavy (non-hydrogen) atoms. The Morgan fingerprint density at radius 3 is 2.00 bits per heavy atom. The van der Waals surface area contributed by atoms with Gasteiger partial charge in [0.1, 0.15) is 8.42 Å². The fraction of sp³-hybridized carbons (Fsp3) is 0. The monoisotopic (exact) mass is 523 g/mol. The van der Waals surface area contributed by atoms with E-state index in [1.807, 2.05) is 12.1 Å². The van der Waals surface area contributed by atoms with Gasteiger partial charge in [-0.05, 0) is 41.1 Å². The summed E-state index contributed by atoms with van der Waals surface area (Å²) in [5.41, 5.74) is 0.678. The number of hydrogen-bond donors (Lipinski definition) is 0. The van der Waals surface area contributed by atoms with Gasteiger partial charge >= 0.3 is 0 Å². The van der Waals surface area contributed by atoms with Crippen molar-refractivity contribution >= 4 is 79.3 Å². The van der Waals surface area contributed by atoms with Crippen LogP contribution < -0.4 is 0 Å². The molecule has 0 aliphatic carbocycles. The molecule has 4 rings (SSSR count). The molecule has 4 aromatic rings. The van der Waals surface area contributed by atoms with Gasteiger partial charge in [0.05, 0.1) is 5.52 Å². The third-order valence-corrected chi connectivity index (χ3v) is 10.1. The van der Waals surface area contributed by atoms with E-state index >= 15 is 0 Å². The van der Waals surface area contributed by atoms with Crippen molar-refractivity contribution in [2.24, 2.45) is 0 Å². The number of hydrogen-bond acceptors (Lipinski definition) is 6. The second-order valence-electron chi connectivity index (χ2n) is 5.09. The average Bonchev–Trinajstić information content (AvgIpc) is 3.35. The Morgan fingerprint density at radius 1 is 0.852 bits per heavy atom. The van der Waals surface area contributed by atoms with Crippen LogP contribution in [0.25, 0.3) is 10.9 Å². The lowest BCUT2D eigenvalue weighted by atomic mass is 10.3. The van der Waals surface area contributed by atoms with Crippen molar-refractivity contribution in [3.8, 4) is 0 Å². The molecular formula is C16H11BrClNO4S4. The van der Waals surface area contributed by atoms with Gasteiger partial charge in [-0.25, -0.2) is 12.4 Å². The first-order chi connectivity index (χ1) is 12.7. The predicted octanol–water partition coefficient (Wildman–Crippen LogP) is 5.38. The smallest absolute Gasteiger partial charge is 0.240 e. The van der Waals surface area contributed by atoms with Crippen LogP contribution in [0.5, 0.6) is 0 Å². The number of fused-ring (bicyclic) bond motifs is 1. The van der Waals surface area contributed by atoms with Gasteiger partial charge in [0, 0.05) is 26.7 Å². The topological polar surface area (TPSA) is 73.2 Å². The number of rotatable bonds is 3. The molecule has 5 nitrogen and oxygen atoms in total. The molecule has 0 fully saturated rings. The zero-order valence-electron chi connectivity index (χ0n) is 13.3. The van der Waals surface area contributed by atoms with Gasteiger partial charge in [0.15, 0.2) is 0 Å². The third kappa shape index (κ3) is 4.47. The molecule has 3 aromatic heterocycles. The molecule has 3 heterocycles. The molecule has 1 aromatic carbocycles. The van der Waals surface area contributed by atoms with Crippen molar-refractivity contribution in [2.75, 3.05) is 0 Å². The van der Waals surface area contributed by atoms with Crippen LogP contribution in [0, 0.1) is 0 Å².